The van der Waals surface area contributed by atoms with Crippen molar-refractivity contribution in [2.45, 2.75) is 44.9 Å². The fourth-order valence-corrected chi connectivity index (χ4v) is 4.96. The van der Waals surface area contributed by atoms with Gasteiger partial charge in [-0.3, -0.25) is 4.79 Å². The molecule has 3 aromatic carbocycles. The number of aliphatic carboxylic acids is 1. The maximum absolute atomic E-state index is 13.9. The molecule has 38 heavy (non-hydrogen) atoms. The second kappa shape index (κ2) is 10.5. The highest BCUT2D eigenvalue weighted by Gasteiger charge is 2.52. The van der Waals surface area contributed by atoms with Crippen molar-refractivity contribution >= 4 is 17.6 Å². The summed E-state index contributed by atoms with van der Waals surface area (Å²) in [7, 11) is 1.51. The number of nitrogens with zero attached hydrogens (tertiary/aromatic N) is 1. The fourth-order valence-electron chi connectivity index (χ4n) is 4.96. The van der Waals surface area contributed by atoms with E-state index in [1.54, 1.807) is 0 Å². The number of benzene rings is 3. The molecule has 1 aliphatic heterocycles. The first-order valence-corrected chi connectivity index (χ1v) is 12.4. The highest BCUT2D eigenvalue weighted by atomic mass is 19.2. The lowest BCUT2D eigenvalue weighted by atomic mass is 9.85. The van der Waals surface area contributed by atoms with E-state index in [0.717, 1.165) is 28.8 Å². The van der Waals surface area contributed by atoms with Gasteiger partial charge in [0, 0.05) is 25.3 Å². The molecule has 0 aromatic heterocycles. The van der Waals surface area contributed by atoms with Gasteiger partial charge in [-0.15, -0.1) is 0 Å². The van der Waals surface area contributed by atoms with Gasteiger partial charge in [-0.2, -0.15) is 0 Å². The van der Waals surface area contributed by atoms with Crippen LogP contribution < -0.4 is 5.32 Å². The summed E-state index contributed by atoms with van der Waals surface area (Å²) in [6.07, 6.45) is 0.0668. The Morgan fingerprint density at radius 1 is 1.00 bits per heavy atom. The third-order valence-electron chi connectivity index (χ3n) is 7.15. The van der Waals surface area contributed by atoms with Crippen LogP contribution in [0.2, 0.25) is 0 Å². The van der Waals surface area contributed by atoms with E-state index in [9.17, 15) is 23.5 Å². The Labute approximate surface area is 221 Å². The van der Waals surface area contributed by atoms with Crippen LogP contribution in [0.15, 0.2) is 72.8 Å². The predicted octanol–water partition coefficient (Wildman–Crippen LogP) is 5.69. The summed E-state index contributed by atoms with van der Waals surface area (Å²) in [5.74, 6) is -3.65. The molecule has 0 unspecified atom stereocenters. The fraction of sp³-hybridized carbons (Fsp3) is 0.333. The van der Waals surface area contributed by atoms with Crippen LogP contribution in [0.1, 0.15) is 32.8 Å². The highest BCUT2D eigenvalue weighted by Crippen LogP contribution is 2.41. The van der Waals surface area contributed by atoms with Crippen LogP contribution in [0.5, 0.6) is 0 Å². The first-order chi connectivity index (χ1) is 17.9. The molecule has 1 amide bonds. The Bertz CT molecular complexity index is 1310. The summed E-state index contributed by atoms with van der Waals surface area (Å²) in [5.41, 5.74) is 1.33. The van der Waals surface area contributed by atoms with Crippen LogP contribution in [0.4, 0.5) is 14.5 Å². The van der Waals surface area contributed by atoms with Crippen LogP contribution in [0.3, 0.4) is 0 Å². The highest BCUT2D eigenvalue weighted by molar-refractivity contribution is 5.90. The minimum absolute atomic E-state index is 0.0238. The van der Waals surface area contributed by atoms with Gasteiger partial charge >= 0.3 is 5.97 Å². The number of halogens is 2. The number of carboxylic acids is 1. The van der Waals surface area contributed by atoms with E-state index in [0.29, 0.717) is 0 Å². The summed E-state index contributed by atoms with van der Waals surface area (Å²) < 4.78 is 33.3. The van der Waals surface area contributed by atoms with Gasteiger partial charge in [0.1, 0.15) is 17.7 Å². The third-order valence-corrected chi connectivity index (χ3v) is 7.15. The first kappa shape index (κ1) is 27.3. The van der Waals surface area contributed by atoms with Crippen molar-refractivity contribution in [3.63, 3.8) is 0 Å². The van der Waals surface area contributed by atoms with Gasteiger partial charge in [0.15, 0.2) is 11.6 Å². The van der Waals surface area contributed by atoms with Gasteiger partial charge in [0.25, 0.3) is 0 Å². The number of ether oxygens (including phenoxy) is 1. The second-order valence-corrected chi connectivity index (χ2v) is 10.7. The number of rotatable bonds is 7. The number of carbonyl (C=O) groups is 2. The monoisotopic (exact) mass is 522 g/mol. The molecule has 1 saturated heterocycles. The number of nitrogens with one attached hydrogen (secondary N) is 1. The largest absolute Gasteiger partial charge is 0.480 e. The molecular weight excluding hydrogens is 490 g/mol. The number of anilines is 1. The number of carbonyl (C=O) groups excluding carboxylic acids is 1. The van der Waals surface area contributed by atoms with Crippen LogP contribution >= 0.6 is 0 Å². The maximum atomic E-state index is 13.9. The molecule has 1 fully saturated rings. The van der Waals surface area contributed by atoms with Gasteiger partial charge in [0.05, 0.1) is 6.54 Å². The molecule has 200 valence electrons. The Hall–Kier alpha value is -3.78. The topological polar surface area (TPSA) is 78.9 Å². The number of amides is 1. The molecule has 1 heterocycles. The van der Waals surface area contributed by atoms with E-state index >= 15 is 0 Å². The zero-order chi connectivity index (χ0) is 27.7. The van der Waals surface area contributed by atoms with Crippen molar-refractivity contribution in [2.75, 3.05) is 19.0 Å². The summed E-state index contributed by atoms with van der Waals surface area (Å²) in [4.78, 5) is 27.6. The minimum Gasteiger partial charge on any atom is -0.480 e. The molecule has 3 atom stereocenters. The van der Waals surface area contributed by atoms with Gasteiger partial charge < -0.3 is 20.1 Å². The van der Waals surface area contributed by atoms with Crippen molar-refractivity contribution < 1.29 is 28.2 Å². The quantitative estimate of drug-likeness (QED) is 0.417. The molecule has 0 radical (unpaired) electrons. The van der Waals surface area contributed by atoms with E-state index in [4.69, 9.17) is 4.74 Å². The molecule has 3 aromatic rings. The zero-order valence-electron chi connectivity index (χ0n) is 21.9. The molecule has 0 aliphatic carbocycles. The van der Waals surface area contributed by atoms with Crippen molar-refractivity contribution in [2.24, 2.45) is 5.41 Å². The summed E-state index contributed by atoms with van der Waals surface area (Å²) in [6.45, 7) is 5.48. The molecule has 1 aliphatic rings. The minimum atomic E-state index is -1.14. The van der Waals surface area contributed by atoms with E-state index < -0.39 is 46.6 Å². The second-order valence-electron chi connectivity index (χ2n) is 10.7. The molecule has 0 spiro atoms. The number of likely N-dealkylation sites (tertiary alicyclic amines) is 1. The Balaban J connectivity index is 1.65. The van der Waals surface area contributed by atoms with Crippen molar-refractivity contribution in [1.29, 1.82) is 0 Å². The maximum Gasteiger partial charge on any atom is 0.326 e. The molecule has 2 N–H and O–H groups in total. The van der Waals surface area contributed by atoms with Crippen LogP contribution in [-0.4, -0.2) is 47.6 Å². The lowest BCUT2D eigenvalue weighted by molar-refractivity contribution is -0.149. The van der Waals surface area contributed by atoms with Crippen molar-refractivity contribution in [3.8, 4) is 11.1 Å². The average molecular weight is 523 g/mol. The SMILES string of the molecule is CO[C@@]1(c2ccc(-c3ccccc3)cc2)C[C@@H](C(=O)O)N(C(=O)[C@H](Nc2ccc(F)c(F)c2)C(C)(C)C)C1. The Morgan fingerprint density at radius 2 is 1.63 bits per heavy atom. The summed E-state index contributed by atoms with van der Waals surface area (Å²) in [6, 6.07) is 18.8. The number of hydrogen-bond acceptors (Lipinski definition) is 4. The first-order valence-electron chi connectivity index (χ1n) is 12.4. The molecule has 8 heteroatoms. The van der Waals surface area contributed by atoms with Crippen LogP contribution in [0, 0.1) is 17.0 Å². The van der Waals surface area contributed by atoms with E-state index in [1.807, 2.05) is 75.4 Å². The molecular formula is C30H32F2N2O4. The molecule has 4 rings (SSSR count). The molecule has 0 saturated carbocycles. The van der Waals surface area contributed by atoms with Crippen molar-refractivity contribution in [3.05, 3.63) is 90.0 Å². The molecule has 0 bridgehead atoms. The Morgan fingerprint density at radius 3 is 2.18 bits per heavy atom. The normalized spacial score (nSPS) is 20.3. The summed E-state index contributed by atoms with van der Waals surface area (Å²) in [5, 5.41) is 13.1. The number of methoxy groups -OCH3 is 1. The predicted molar refractivity (Wildman–Crippen MR) is 142 cm³/mol. The molecule has 6 nitrogen and oxygen atoms in total. The lowest BCUT2D eigenvalue weighted by Gasteiger charge is -2.36. The van der Waals surface area contributed by atoms with Crippen LogP contribution in [-0.2, 0) is 19.9 Å². The van der Waals surface area contributed by atoms with E-state index in [-0.39, 0.29) is 18.7 Å². The Kier molecular flexibility index (Phi) is 7.56. The van der Waals surface area contributed by atoms with Gasteiger partial charge in [0.2, 0.25) is 5.91 Å². The van der Waals surface area contributed by atoms with Gasteiger partial charge in [-0.05, 0) is 34.2 Å². The number of hydrogen-bond donors (Lipinski definition) is 2. The van der Waals surface area contributed by atoms with Crippen molar-refractivity contribution in [1.82, 2.24) is 4.90 Å². The van der Waals surface area contributed by atoms with Crippen LogP contribution in [0.25, 0.3) is 11.1 Å². The van der Waals surface area contributed by atoms with Gasteiger partial charge in [-0.1, -0.05) is 75.4 Å². The van der Waals surface area contributed by atoms with E-state index in [2.05, 4.69) is 5.32 Å². The zero-order valence-corrected chi connectivity index (χ0v) is 21.9. The third kappa shape index (κ3) is 5.41. The number of carboxylic acid groups (broad SMARTS) is 1. The standard InChI is InChI=1S/C30H32F2N2O4/c1-29(2,3)26(33-22-14-15-23(31)24(32)16-22)27(35)34-18-30(38-4,17-25(34)28(36)37)21-12-10-20(11-13-21)19-8-6-5-7-9-19/h5-16,25-26,33H,17-18H2,1-4H3,(H,36,37)/t25-,26-,30-/m0/s1. The average Bonchev–Trinajstić information content (AvgIpc) is 3.31. The smallest absolute Gasteiger partial charge is 0.326 e. The van der Waals surface area contributed by atoms with Gasteiger partial charge in [-0.25, -0.2) is 13.6 Å². The summed E-state index contributed by atoms with van der Waals surface area (Å²) >= 11 is 0. The van der Waals surface area contributed by atoms with E-state index in [1.165, 1.54) is 18.1 Å². The lowest BCUT2D eigenvalue weighted by Crippen LogP contribution is -2.53.